The summed E-state index contributed by atoms with van der Waals surface area (Å²) in [5.41, 5.74) is 2.89. The molecule has 0 saturated heterocycles. The number of anilines is 1. The molecule has 1 rings (SSSR count). The van der Waals surface area contributed by atoms with Crippen LogP contribution in [0.4, 0.5) is 5.82 Å². The fourth-order valence-corrected chi connectivity index (χ4v) is 2.26. The lowest BCUT2D eigenvalue weighted by atomic mass is 10.1. The number of unbranched alkanes of at least 4 members (excludes halogenated alkanes) is 5. The molecule has 0 saturated carbocycles. The molecule has 0 aliphatic heterocycles. The summed E-state index contributed by atoms with van der Waals surface area (Å²) in [7, 11) is 0. The summed E-state index contributed by atoms with van der Waals surface area (Å²) in [6, 6.07) is 1.71. The summed E-state index contributed by atoms with van der Waals surface area (Å²) in [5.74, 6) is 5.58. The van der Waals surface area contributed by atoms with Crippen molar-refractivity contribution in [2.75, 3.05) is 12.0 Å². The Morgan fingerprint density at radius 1 is 1.30 bits per heavy atom. The minimum atomic E-state index is -0.152. The Bertz CT molecular complexity index is 426. The third-order valence-electron chi connectivity index (χ3n) is 3.05. The van der Waals surface area contributed by atoms with Crippen molar-refractivity contribution in [1.29, 1.82) is 0 Å². The van der Waals surface area contributed by atoms with E-state index in [1.165, 1.54) is 25.7 Å². The average molecular weight is 343 g/mol. The molecular weight excluding hydrogens is 320 g/mol. The molecule has 4 N–H and O–H groups in total. The molecule has 20 heavy (non-hydrogen) atoms. The van der Waals surface area contributed by atoms with Crippen LogP contribution in [-0.2, 0) is 0 Å². The first-order valence-electron chi connectivity index (χ1n) is 7.09. The average Bonchev–Trinajstić information content (AvgIpc) is 2.46. The monoisotopic (exact) mass is 342 g/mol. The van der Waals surface area contributed by atoms with Gasteiger partial charge in [-0.2, -0.15) is 0 Å². The molecule has 1 aromatic rings. The second kappa shape index (κ2) is 9.72. The van der Waals surface area contributed by atoms with E-state index in [9.17, 15) is 4.79 Å². The Morgan fingerprint density at radius 3 is 2.70 bits per heavy atom. The molecule has 0 aromatic carbocycles. The number of rotatable bonds is 9. The quantitative estimate of drug-likeness (QED) is 0.365. The molecule has 0 aliphatic rings. The lowest BCUT2D eigenvalue weighted by Crippen LogP contribution is -2.26. The van der Waals surface area contributed by atoms with Crippen LogP contribution in [0.1, 0.15) is 55.8 Å². The summed E-state index contributed by atoms with van der Waals surface area (Å²) < 4.78 is 0.751. The highest BCUT2D eigenvalue weighted by molar-refractivity contribution is 9.10. The van der Waals surface area contributed by atoms with Crippen LogP contribution < -0.4 is 16.6 Å². The Hall–Kier alpha value is -1.14. The predicted octanol–water partition coefficient (Wildman–Crippen LogP) is 3.22. The molecule has 6 heteroatoms. The third-order valence-corrected chi connectivity index (χ3v) is 3.49. The summed E-state index contributed by atoms with van der Waals surface area (Å²) >= 11 is 3.30. The van der Waals surface area contributed by atoms with Crippen molar-refractivity contribution in [2.24, 2.45) is 5.84 Å². The topological polar surface area (TPSA) is 80.0 Å². The number of amides is 1. The van der Waals surface area contributed by atoms with Gasteiger partial charge in [-0.3, -0.25) is 4.79 Å². The zero-order valence-corrected chi connectivity index (χ0v) is 13.5. The Balaban J connectivity index is 2.34. The van der Waals surface area contributed by atoms with Crippen LogP contribution in [0.3, 0.4) is 0 Å². The second-order valence-corrected chi connectivity index (χ2v) is 5.63. The van der Waals surface area contributed by atoms with Crippen molar-refractivity contribution in [3.63, 3.8) is 0 Å². The van der Waals surface area contributed by atoms with E-state index in [0.717, 1.165) is 17.3 Å². The van der Waals surface area contributed by atoms with Gasteiger partial charge in [-0.25, -0.2) is 10.8 Å². The van der Waals surface area contributed by atoms with E-state index in [4.69, 9.17) is 5.84 Å². The number of aromatic nitrogens is 1. The molecule has 1 heterocycles. The number of pyridine rings is 1. The maximum atomic E-state index is 12.0. The molecule has 0 spiro atoms. The van der Waals surface area contributed by atoms with E-state index >= 15 is 0 Å². The van der Waals surface area contributed by atoms with Gasteiger partial charge in [0.2, 0.25) is 0 Å². The van der Waals surface area contributed by atoms with Crippen LogP contribution >= 0.6 is 15.9 Å². The van der Waals surface area contributed by atoms with Crippen molar-refractivity contribution in [3.8, 4) is 0 Å². The number of hydrogen-bond donors (Lipinski definition) is 3. The van der Waals surface area contributed by atoms with E-state index < -0.39 is 0 Å². The number of hydrazine groups is 1. The molecule has 5 nitrogen and oxygen atoms in total. The summed E-state index contributed by atoms with van der Waals surface area (Å²) in [6.07, 6.45) is 8.81. The molecule has 112 valence electrons. The molecule has 1 aromatic heterocycles. The van der Waals surface area contributed by atoms with Gasteiger partial charge >= 0.3 is 0 Å². The summed E-state index contributed by atoms with van der Waals surface area (Å²) in [6.45, 7) is 2.89. The van der Waals surface area contributed by atoms with Crippen molar-refractivity contribution >= 4 is 27.7 Å². The number of hydrogen-bond acceptors (Lipinski definition) is 4. The standard InChI is InChI=1S/C14H23BrN4O/c1-2-3-4-5-6-7-8-17-14(20)12-9-11(15)10-18-13(12)19-16/h9-10H,2-8,16H2,1H3,(H,17,20)(H,18,19). The normalized spacial score (nSPS) is 10.3. The van der Waals surface area contributed by atoms with Crippen LogP contribution in [0.2, 0.25) is 0 Å². The zero-order chi connectivity index (χ0) is 14.8. The van der Waals surface area contributed by atoms with Gasteiger partial charge in [-0.05, 0) is 28.4 Å². The first-order chi connectivity index (χ1) is 9.69. The lowest BCUT2D eigenvalue weighted by Gasteiger charge is -2.09. The smallest absolute Gasteiger partial charge is 0.255 e. The molecule has 0 fully saturated rings. The molecular formula is C14H23BrN4O. The Morgan fingerprint density at radius 2 is 2.00 bits per heavy atom. The SMILES string of the molecule is CCCCCCCCNC(=O)c1cc(Br)cnc1NN. The molecule has 0 atom stereocenters. The molecule has 0 unspecified atom stereocenters. The van der Waals surface area contributed by atoms with Crippen LogP contribution in [0.5, 0.6) is 0 Å². The summed E-state index contributed by atoms with van der Waals surface area (Å²) in [5, 5.41) is 2.90. The number of carbonyl (C=O) groups is 1. The maximum Gasteiger partial charge on any atom is 0.255 e. The van der Waals surface area contributed by atoms with Crippen molar-refractivity contribution in [1.82, 2.24) is 10.3 Å². The van der Waals surface area contributed by atoms with Crippen LogP contribution in [-0.4, -0.2) is 17.4 Å². The Labute approximate surface area is 128 Å². The van der Waals surface area contributed by atoms with Gasteiger partial charge < -0.3 is 10.7 Å². The minimum Gasteiger partial charge on any atom is -0.352 e. The second-order valence-electron chi connectivity index (χ2n) is 4.72. The van der Waals surface area contributed by atoms with E-state index in [2.05, 4.69) is 38.6 Å². The third kappa shape index (κ3) is 5.88. The number of nitrogens with zero attached hydrogens (tertiary/aromatic N) is 1. The van der Waals surface area contributed by atoms with Gasteiger partial charge in [-0.15, -0.1) is 0 Å². The zero-order valence-electron chi connectivity index (χ0n) is 11.9. The highest BCUT2D eigenvalue weighted by Crippen LogP contribution is 2.17. The number of nitrogen functional groups attached to an aromatic ring is 1. The van der Waals surface area contributed by atoms with Gasteiger partial charge in [0.15, 0.2) is 5.82 Å². The van der Waals surface area contributed by atoms with E-state index in [0.29, 0.717) is 17.9 Å². The van der Waals surface area contributed by atoms with Crippen molar-refractivity contribution in [2.45, 2.75) is 45.4 Å². The van der Waals surface area contributed by atoms with Crippen molar-refractivity contribution < 1.29 is 4.79 Å². The molecule has 0 bridgehead atoms. The molecule has 0 radical (unpaired) electrons. The van der Waals surface area contributed by atoms with Gasteiger partial charge in [0.05, 0.1) is 5.56 Å². The van der Waals surface area contributed by atoms with Gasteiger partial charge in [0.1, 0.15) is 0 Å². The highest BCUT2D eigenvalue weighted by Gasteiger charge is 2.12. The number of nitrogens with one attached hydrogen (secondary N) is 2. The van der Waals surface area contributed by atoms with Crippen LogP contribution in [0, 0.1) is 0 Å². The van der Waals surface area contributed by atoms with E-state index in [1.54, 1.807) is 12.3 Å². The predicted molar refractivity (Wildman–Crippen MR) is 85.5 cm³/mol. The van der Waals surface area contributed by atoms with E-state index in [1.807, 2.05) is 0 Å². The Kier molecular flexibility index (Phi) is 8.22. The highest BCUT2D eigenvalue weighted by atomic mass is 79.9. The molecule has 1 amide bonds. The first-order valence-corrected chi connectivity index (χ1v) is 7.88. The minimum absolute atomic E-state index is 0.152. The lowest BCUT2D eigenvalue weighted by molar-refractivity contribution is 0.0953. The summed E-state index contributed by atoms with van der Waals surface area (Å²) in [4.78, 5) is 16.1. The van der Waals surface area contributed by atoms with Crippen molar-refractivity contribution in [3.05, 3.63) is 22.3 Å². The fraction of sp³-hybridized carbons (Fsp3) is 0.571. The number of nitrogens with two attached hydrogens (primary N) is 1. The number of carbonyl (C=O) groups excluding carboxylic acids is 1. The fourth-order valence-electron chi connectivity index (χ4n) is 1.93. The van der Waals surface area contributed by atoms with Gasteiger partial charge in [0.25, 0.3) is 5.91 Å². The maximum absolute atomic E-state index is 12.0. The first kappa shape index (κ1) is 16.9. The van der Waals surface area contributed by atoms with Crippen LogP contribution in [0.15, 0.2) is 16.7 Å². The molecule has 0 aliphatic carbocycles. The van der Waals surface area contributed by atoms with Gasteiger partial charge in [0, 0.05) is 17.2 Å². The van der Waals surface area contributed by atoms with Gasteiger partial charge in [-0.1, -0.05) is 39.0 Å². The van der Waals surface area contributed by atoms with Crippen LogP contribution in [0.25, 0.3) is 0 Å². The van der Waals surface area contributed by atoms with E-state index in [-0.39, 0.29) is 5.91 Å². The largest absolute Gasteiger partial charge is 0.352 e. The number of halogens is 1.